The van der Waals surface area contributed by atoms with Gasteiger partial charge in [0.2, 0.25) is 10.0 Å². The van der Waals surface area contributed by atoms with Crippen LogP contribution in [0.4, 0.5) is 0 Å². The first-order valence-electron chi connectivity index (χ1n) is 7.22. The number of hydrogen-bond donors (Lipinski definition) is 1. The number of nitrogens with zero attached hydrogens (tertiary/aromatic N) is 1. The number of benzene rings is 1. The van der Waals surface area contributed by atoms with Crippen molar-refractivity contribution in [2.45, 2.75) is 44.7 Å². The van der Waals surface area contributed by atoms with Crippen LogP contribution < -0.4 is 0 Å². The number of morpholine rings is 1. The quantitative estimate of drug-likeness (QED) is 0.917. The van der Waals surface area contributed by atoms with Gasteiger partial charge in [0.25, 0.3) is 0 Å². The van der Waals surface area contributed by atoms with Gasteiger partial charge in [-0.15, -0.1) is 0 Å². The lowest BCUT2D eigenvalue weighted by Crippen LogP contribution is -2.48. The van der Waals surface area contributed by atoms with Gasteiger partial charge in [-0.2, -0.15) is 4.31 Å². The fraction of sp³-hybridized carbons (Fsp3) is 0.600. The summed E-state index contributed by atoms with van der Waals surface area (Å²) in [5, 5.41) is 9.32. The van der Waals surface area contributed by atoms with Crippen LogP contribution in [0.15, 0.2) is 17.0 Å². The van der Waals surface area contributed by atoms with E-state index in [0.29, 0.717) is 30.2 Å². The van der Waals surface area contributed by atoms with Crippen LogP contribution in [0.3, 0.4) is 0 Å². The monoisotopic (exact) mass is 313 g/mol. The minimum Gasteiger partial charge on any atom is -0.392 e. The van der Waals surface area contributed by atoms with Crippen molar-refractivity contribution < 1.29 is 18.3 Å². The first-order chi connectivity index (χ1) is 9.91. The Balaban J connectivity index is 2.50. The zero-order chi connectivity index (χ0) is 15.6. The first-order valence-corrected chi connectivity index (χ1v) is 8.66. The maximum atomic E-state index is 13.0. The topological polar surface area (TPSA) is 66.8 Å². The highest BCUT2D eigenvalue weighted by atomic mass is 32.2. The van der Waals surface area contributed by atoms with Gasteiger partial charge in [0, 0.05) is 12.6 Å². The maximum Gasteiger partial charge on any atom is 0.243 e. The molecule has 1 N–H and O–H groups in total. The fourth-order valence-electron chi connectivity index (χ4n) is 2.66. The van der Waals surface area contributed by atoms with E-state index in [2.05, 4.69) is 0 Å². The largest absolute Gasteiger partial charge is 0.392 e. The Morgan fingerprint density at radius 1 is 1.38 bits per heavy atom. The third-order valence-corrected chi connectivity index (χ3v) is 6.17. The van der Waals surface area contributed by atoms with E-state index in [0.717, 1.165) is 17.5 Å². The van der Waals surface area contributed by atoms with Crippen molar-refractivity contribution in [1.29, 1.82) is 0 Å². The Morgan fingerprint density at radius 2 is 2.10 bits per heavy atom. The second-order valence-electron chi connectivity index (χ2n) is 5.45. The lowest BCUT2D eigenvalue weighted by molar-refractivity contribution is 0.0314. The van der Waals surface area contributed by atoms with Crippen molar-refractivity contribution in [2.75, 3.05) is 19.8 Å². The van der Waals surface area contributed by atoms with E-state index in [-0.39, 0.29) is 12.6 Å². The summed E-state index contributed by atoms with van der Waals surface area (Å²) in [6, 6.07) is 3.28. The summed E-state index contributed by atoms with van der Waals surface area (Å²) in [6.07, 6.45) is 0.719. The zero-order valence-corrected chi connectivity index (χ0v) is 13.6. The molecule has 0 amide bonds. The predicted molar refractivity (Wildman–Crippen MR) is 80.6 cm³/mol. The molecule has 0 bridgehead atoms. The number of ether oxygens (including phenoxy) is 1. The third kappa shape index (κ3) is 3.13. The van der Waals surface area contributed by atoms with Crippen LogP contribution >= 0.6 is 0 Å². The second kappa shape index (κ2) is 6.44. The van der Waals surface area contributed by atoms with E-state index in [4.69, 9.17) is 4.74 Å². The normalized spacial score (nSPS) is 20.7. The van der Waals surface area contributed by atoms with Crippen molar-refractivity contribution >= 4 is 10.0 Å². The van der Waals surface area contributed by atoms with Crippen LogP contribution in [0, 0.1) is 13.8 Å². The van der Waals surface area contributed by atoms with E-state index >= 15 is 0 Å². The SMILES string of the molecule is CCC1COCCN1S(=O)(=O)c1cc(CO)cc(C)c1C. The molecule has 5 nitrogen and oxygen atoms in total. The average molecular weight is 313 g/mol. The summed E-state index contributed by atoms with van der Waals surface area (Å²) >= 11 is 0. The Hall–Kier alpha value is -0.950. The molecule has 1 aliphatic heterocycles. The van der Waals surface area contributed by atoms with Crippen LogP contribution in [-0.4, -0.2) is 43.6 Å². The molecular weight excluding hydrogens is 290 g/mol. The summed E-state index contributed by atoms with van der Waals surface area (Å²) < 4.78 is 32.9. The molecule has 118 valence electrons. The van der Waals surface area contributed by atoms with Gasteiger partial charge in [0.15, 0.2) is 0 Å². The Morgan fingerprint density at radius 3 is 2.71 bits per heavy atom. The van der Waals surface area contributed by atoms with E-state index < -0.39 is 10.0 Å². The smallest absolute Gasteiger partial charge is 0.243 e. The summed E-state index contributed by atoms with van der Waals surface area (Å²) in [5.74, 6) is 0. The summed E-state index contributed by atoms with van der Waals surface area (Å²) in [6.45, 7) is 6.71. The number of aliphatic hydroxyl groups is 1. The Labute approximate surface area is 126 Å². The molecule has 21 heavy (non-hydrogen) atoms. The molecule has 0 radical (unpaired) electrons. The lowest BCUT2D eigenvalue weighted by atomic mass is 10.1. The molecule has 6 heteroatoms. The number of hydrogen-bond acceptors (Lipinski definition) is 4. The molecule has 1 aliphatic rings. The molecule has 1 atom stereocenters. The van der Waals surface area contributed by atoms with Crippen molar-refractivity contribution in [3.63, 3.8) is 0 Å². The standard InChI is InChI=1S/C15H23NO4S/c1-4-14-10-20-6-5-16(14)21(18,19)15-8-13(9-17)7-11(2)12(15)3/h7-8,14,17H,4-6,9-10H2,1-3H3. The van der Waals surface area contributed by atoms with Gasteiger partial charge in [-0.25, -0.2) is 8.42 Å². The molecule has 0 aliphatic carbocycles. The van der Waals surface area contributed by atoms with Crippen molar-refractivity contribution in [3.05, 3.63) is 28.8 Å². The minimum absolute atomic E-state index is 0.124. The van der Waals surface area contributed by atoms with Crippen LogP contribution in [0.5, 0.6) is 0 Å². The third-order valence-electron chi connectivity index (χ3n) is 4.09. The predicted octanol–water partition coefficient (Wildman–Crippen LogP) is 1.60. The van der Waals surface area contributed by atoms with E-state index in [1.165, 1.54) is 0 Å². The highest BCUT2D eigenvalue weighted by Crippen LogP contribution is 2.27. The van der Waals surface area contributed by atoms with Gasteiger partial charge in [0.1, 0.15) is 0 Å². The number of rotatable bonds is 4. The highest BCUT2D eigenvalue weighted by molar-refractivity contribution is 7.89. The van der Waals surface area contributed by atoms with Crippen molar-refractivity contribution in [2.24, 2.45) is 0 Å². The summed E-state index contributed by atoms with van der Waals surface area (Å²) in [4.78, 5) is 0.298. The number of aliphatic hydroxyl groups excluding tert-OH is 1. The van der Waals surface area contributed by atoms with Gasteiger partial charge in [-0.05, 0) is 43.0 Å². The van der Waals surface area contributed by atoms with Crippen LogP contribution in [-0.2, 0) is 21.4 Å². The average Bonchev–Trinajstić information content (AvgIpc) is 2.49. The molecule has 1 saturated heterocycles. The minimum atomic E-state index is -3.57. The van der Waals surface area contributed by atoms with Crippen LogP contribution in [0.25, 0.3) is 0 Å². The lowest BCUT2D eigenvalue weighted by Gasteiger charge is -2.34. The van der Waals surface area contributed by atoms with Crippen molar-refractivity contribution in [3.8, 4) is 0 Å². The van der Waals surface area contributed by atoms with Crippen molar-refractivity contribution in [1.82, 2.24) is 4.31 Å². The molecule has 1 unspecified atom stereocenters. The van der Waals surface area contributed by atoms with Gasteiger partial charge in [-0.1, -0.05) is 13.0 Å². The van der Waals surface area contributed by atoms with Gasteiger partial charge in [-0.3, -0.25) is 0 Å². The summed E-state index contributed by atoms with van der Waals surface area (Å²) in [5.41, 5.74) is 2.24. The molecular formula is C15H23NO4S. The van der Waals surface area contributed by atoms with Gasteiger partial charge >= 0.3 is 0 Å². The molecule has 0 spiro atoms. The molecule has 1 aromatic rings. The number of sulfonamides is 1. The zero-order valence-electron chi connectivity index (χ0n) is 12.8. The Bertz CT molecular complexity index is 612. The molecule has 1 aromatic carbocycles. The van der Waals surface area contributed by atoms with E-state index in [1.807, 2.05) is 26.8 Å². The van der Waals surface area contributed by atoms with Gasteiger partial charge in [0.05, 0.1) is 24.7 Å². The van der Waals surface area contributed by atoms with Crippen LogP contribution in [0.2, 0.25) is 0 Å². The van der Waals surface area contributed by atoms with E-state index in [1.54, 1.807) is 10.4 Å². The molecule has 0 aromatic heterocycles. The van der Waals surface area contributed by atoms with Crippen LogP contribution in [0.1, 0.15) is 30.0 Å². The van der Waals surface area contributed by atoms with Gasteiger partial charge < -0.3 is 9.84 Å². The highest BCUT2D eigenvalue weighted by Gasteiger charge is 2.34. The fourth-order valence-corrected chi connectivity index (χ4v) is 4.68. The molecule has 2 rings (SSSR count). The maximum absolute atomic E-state index is 13.0. The Kier molecular flexibility index (Phi) is 5.03. The second-order valence-corrected chi connectivity index (χ2v) is 7.31. The number of aryl methyl sites for hydroxylation is 1. The first kappa shape index (κ1) is 16.4. The molecule has 1 heterocycles. The summed E-state index contributed by atoms with van der Waals surface area (Å²) in [7, 11) is -3.57. The van der Waals surface area contributed by atoms with E-state index in [9.17, 15) is 13.5 Å². The molecule has 0 saturated carbocycles. The molecule has 1 fully saturated rings.